The van der Waals surface area contributed by atoms with E-state index in [-0.39, 0.29) is 12.2 Å². The summed E-state index contributed by atoms with van der Waals surface area (Å²) in [6, 6.07) is 0. The van der Waals surface area contributed by atoms with E-state index in [1.807, 2.05) is 6.92 Å². The van der Waals surface area contributed by atoms with Crippen molar-refractivity contribution in [2.24, 2.45) is 0 Å². The molecule has 0 spiro atoms. The van der Waals surface area contributed by atoms with Gasteiger partial charge < -0.3 is 13.9 Å². The standard InChI is InChI=1S/C14H19N5O3/c1-9-6-19(7-11-13(20-3)16-5-4-15-11)8-12(21-9)14-18-17-10(2)22-14/h4-5,9,12H,6-8H2,1-3H3/t9-,12-/m1/s1. The van der Waals surface area contributed by atoms with E-state index < -0.39 is 0 Å². The summed E-state index contributed by atoms with van der Waals surface area (Å²) < 4.78 is 16.6. The Kier molecular flexibility index (Phi) is 4.30. The first-order valence-electron chi connectivity index (χ1n) is 7.17. The highest BCUT2D eigenvalue weighted by molar-refractivity contribution is 5.17. The van der Waals surface area contributed by atoms with Gasteiger partial charge in [0.25, 0.3) is 0 Å². The average Bonchev–Trinajstić information content (AvgIpc) is 2.94. The lowest BCUT2D eigenvalue weighted by Crippen LogP contribution is -2.42. The number of hydrogen-bond acceptors (Lipinski definition) is 8. The smallest absolute Gasteiger partial charge is 0.246 e. The molecule has 0 saturated carbocycles. The Bertz CT molecular complexity index is 632. The molecule has 1 saturated heterocycles. The Hall–Kier alpha value is -2.06. The highest BCUT2D eigenvalue weighted by Crippen LogP contribution is 2.26. The monoisotopic (exact) mass is 305 g/mol. The van der Waals surface area contributed by atoms with Crippen LogP contribution >= 0.6 is 0 Å². The zero-order chi connectivity index (χ0) is 15.5. The molecule has 1 aliphatic rings. The molecule has 0 amide bonds. The Balaban J connectivity index is 1.73. The van der Waals surface area contributed by atoms with Crippen LogP contribution in [0.1, 0.15) is 30.5 Å². The van der Waals surface area contributed by atoms with Gasteiger partial charge in [-0.2, -0.15) is 0 Å². The molecule has 0 bridgehead atoms. The summed E-state index contributed by atoms with van der Waals surface area (Å²) in [6.07, 6.45) is 3.12. The number of nitrogens with zero attached hydrogens (tertiary/aromatic N) is 5. The zero-order valence-corrected chi connectivity index (χ0v) is 12.9. The van der Waals surface area contributed by atoms with E-state index in [4.69, 9.17) is 13.9 Å². The third kappa shape index (κ3) is 3.23. The summed E-state index contributed by atoms with van der Waals surface area (Å²) >= 11 is 0. The minimum absolute atomic E-state index is 0.0635. The second-order valence-corrected chi connectivity index (χ2v) is 5.30. The Labute approximate surface area is 128 Å². The fraction of sp³-hybridized carbons (Fsp3) is 0.571. The fourth-order valence-corrected chi connectivity index (χ4v) is 2.59. The van der Waals surface area contributed by atoms with Gasteiger partial charge in [-0.3, -0.25) is 9.88 Å². The van der Waals surface area contributed by atoms with Crippen molar-refractivity contribution in [3.63, 3.8) is 0 Å². The van der Waals surface area contributed by atoms with Crippen LogP contribution in [0.15, 0.2) is 16.8 Å². The van der Waals surface area contributed by atoms with E-state index in [1.165, 1.54) is 0 Å². The van der Waals surface area contributed by atoms with Crippen molar-refractivity contribution in [2.75, 3.05) is 20.2 Å². The van der Waals surface area contributed by atoms with Crippen LogP contribution in [0.3, 0.4) is 0 Å². The Morgan fingerprint density at radius 1 is 1.27 bits per heavy atom. The van der Waals surface area contributed by atoms with Gasteiger partial charge in [0.05, 0.1) is 13.2 Å². The predicted molar refractivity (Wildman–Crippen MR) is 76.2 cm³/mol. The van der Waals surface area contributed by atoms with Gasteiger partial charge in [0.1, 0.15) is 11.8 Å². The average molecular weight is 305 g/mol. The summed E-state index contributed by atoms with van der Waals surface area (Å²) in [4.78, 5) is 10.8. The summed E-state index contributed by atoms with van der Waals surface area (Å²) in [7, 11) is 1.60. The Morgan fingerprint density at radius 3 is 2.82 bits per heavy atom. The van der Waals surface area contributed by atoms with Gasteiger partial charge in [-0.15, -0.1) is 10.2 Å². The molecule has 1 fully saturated rings. The van der Waals surface area contributed by atoms with Crippen molar-refractivity contribution in [1.82, 2.24) is 25.1 Å². The van der Waals surface area contributed by atoms with Crippen LogP contribution in [0.5, 0.6) is 5.88 Å². The number of morpholine rings is 1. The van der Waals surface area contributed by atoms with Crippen molar-refractivity contribution in [3.05, 3.63) is 29.9 Å². The van der Waals surface area contributed by atoms with Gasteiger partial charge in [0.15, 0.2) is 0 Å². The molecule has 0 N–H and O–H groups in total. The maximum absolute atomic E-state index is 5.90. The van der Waals surface area contributed by atoms with Crippen molar-refractivity contribution < 1.29 is 13.9 Å². The molecule has 3 heterocycles. The van der Waals surface area contributed by atoms with Gasteiger partial charge in [-0.25, -0.2) is 4.98 Å². The lowest BCUT2D eigenvalue weighted by atomic mass is 10.2. The normalized spacial score (nSPS) is 22.7. The van der Waals surface area contributed by atoms with Crippen molar-refractivity contribution in [1.29, 1.82) is 0 Å². The first-order valence-corrected chi connectivity index (χ1v) is 7.17. The third-order valence-electron chi connectivity index (χ3n) is 3.46. The van der Waals surface area contributed by atoms with Gasteiger partial charge in [0.2, 0.25) is 17.7 Å². The van der Waals surface area contributed by atoms with Crippen molar-refractivity contribution in [3.8, 4) is 5.88 Å². The van der Waals surface area contributed by atoms with E-state index in [9.17, 15) is 0 Å². The SMILES string of the molecule is COc1nccnc1CN1C[C@@H](C)O[C@@H](c2nnc(C)o2)C1. The van der Waals surface area contributed by atoms with Crippen LogP contribution in [0.4, 0.5) is 0 Å². The van der Waals surface area contributed by atoms with E-state index in [1.54, 1.807) is 26.4 Å². The highest BCUT2D eigenvalue weighted by Gasteiger charge is 2.30. The minimum Gasteiger partial charge on any atom is -0.480 e. The lowest BCUT2D eigenvalue weighted by Gasteiger charge is -2.35. The summed E-state index contributed by atoms with van der Waals surface area (Å²) in [6.45, 7) is 5.88. The maximum atomic E-state index is 5.90. The molecule has 0 radical (unpaired) electrons. The zero-order valence-electron chi connectivity index (χ0n) is 12.9. The minimum atomic E-state index is -0.229. The largest absolute Gasteiger partial charge is 0.480 e. The number of aromatic nitrogens is 4. The molecule has 2 atom stereocenters. The van der Waals surface area contributed by atoms with E-state index in [0.29, 0.717) is 30.8 Å². The molecule has 8 nitrogen and oxygen atoms in total. The van der Waals surface area contributed by atoms with E-state index in [2.05, 4.69) is 25.1 Å². The fourth-order valence-electron chi connectivity index (χ4n) is 2.59. The lowest BCUT2D eigenvalue weighted by molar-refractivity contribution is -0.0921. The quantitative estimate of drug-likeness (QED) is 0.831. The molecule has 2 aromatic heterocycles. The molecule has 22 heavy (non-hydrogen) atoms. The van der Waals surface area contributed by atoms with Gasteiger partial charge in [0, 0.05) is 39.0 Å². The Morgan fingerprint density at radius 2 is 2.09 bits per heavy atom. The molecule has 3 rings (SSSR count). The molecule has 118 valence electrons. The van der Waals surface area contributed by atoms with Crippen LogP contribution in [-0.4, -0.2) is 51.4 Å². The van der Waals surface area contributed by atoms with Crippen molar-refractivity contribution in [2.45, 2.75) is 32.6 Å². The molecule has 8 heteroatoms. The van der Waals surface area contributed by atoms with E-state index >= 15 is 0 Å². The van der Waals surface area contributed by atoms with Crippen LogP contribution < -0.4 is 4.74 Å². The van der Waals surface area contributed by atoms with Gasteiger partial charge in [-0.1, -0.05) is 0 Å². The molecule has 2 aromatic rings. The molecular weight excluding hydrogens is 286 g/mol. The summed E-state index contributed by atoms with van der Waals surface area (Å²) in [5, 5.41) is 7.92. The second kappa shape index (κ2) is 6.37. The first-order chi connectivity index (χ1) is 10.7. The number of ether oxygens (including phenoxy) is 2. The second-order valence-electron chi connectivity index (χ2n) is 5.30. The number of aryl methyl sites for hydroxylation is 1. The predicted octanol–water partition coefficient (Wildman–Crippen LogP) is 1.14. The molecular formula is C14H19N5O3. The first kappa shape index (κ1) is 14.9. The highest BCUT2D eigenvalue weighted by atomic mass is 16.5. The van der Waals surface area contributed by atoms with Crippen LogP contribution in [0.25, 0.3) is 0 Å². The van der Waals surface area contributed by atoms with Crippen LogP contribution in [0.2, 0.25) is 0 Å². The topological polar surface area (TPSA) is 86.4 Å². The van der Waals surface area contributed by atoms with E-state index in [0.717, 1.165) is 12.2 Å². The summed E-state index contributed by atoms with van der Waals surface area (Å²) in [5.41, 5.74) is 0.805. The molecule has 1 aliphatic heterocycles. The van der Waals surface area contributed by atoms with Crippen molar-refractivity contribution >= 4 is 0 Å². The third-order valence-corrected chi connectivity index (χ3v) is 3.46. The molecule has 0 aliphatic carbocycles. The molecule has 0 aromatic carbocycles. The maximum Gasteiger partial charge on any atom is 0.246 e. The van der Waals surface area contributed by atoms with Gasteiger partial charge in [-0.05, 0) is 6.92 Å². The number of hydrogen-bond donors (Lipinski definition) is 0. The van der Waals surface area contributed by atoms with Gasteiger partial charge >= 0.3 is 0 Å². The molecule has 0 unspecified atom stereocenters. The number of methoxy groups -OCH3 is 1. The van der Waals surface area contributed by atoms with Crippen LogP contribution in [-0.2, 0) is 11.3 Å². The van der Waals surface area contributed by atoms with Crippen LogP contribution in [0, 0.1) is 6.92 Å². The summed E-state index contributed by atoms with van der Waals surface area (Å²) in [5.74, 6) is 1.60. The number of rotatable bonds is 4.